The van der Waals surface area contributed by atoms with Crippen molar-refractivity contribution in [3.05, 3.63) is 0 Å². The molecule has 1 fully saturated rings. The average Bonchev–Trinajstić information content (AvgIpc) is 1.93. The summed E-state index contributed by atoms with van der Waals surface area (Å²) in [6.07, 6.45) is 0. The fourth-order valence-corrected chi connectivity index (χ4v) is 1.05. The van der Waals surface area contributed by atoms with Crippen molar-refractivity contribution in [2.24, 2.45) is 17.6 Å². The van der Waals surface area contributed by atoms with Crippen LogP contribution in [0.5, 0.6) is 0 Å². The minimum Gasteiger partial charge on any atom is -0.464 e. The third-order valence-corrected chi connectivity index (χ3v) is 2.25. The lowest BCUT2D eigenvalue weighted by Crippen LogP contribution is -2.45. The summed E-state index contributed by atoms with van der Waals surface area (Å²) in [5.74, 6) is 0.0965. The predicted octanol–water partition coefficient (Wildman–Crippen LogP) is 0.143. The van der Waals surface area contributed by atoms with Gasteiger partial charge in [0, 0.05) is 6.04 Å². The summed E-state index contributed by atoms with van der Waals surface area (Å²) < 4.78 is 4.81. The van der Waals surface area contributed by atoms with Gasteiger partial charge in [-0.15, -0.1) is 0 Å². The largest absolute Gasteiger partial charge is 0.464 e. The van der Waals surface area contributed by atoms with Crippen molar-refractivity contribution >= 4 is 5.97 Å². The van der Waals surface area contributed by atoms with Gasteiger partial charge >= 0.3 is 5.97 Å². The number of carbonyl (C=O) groups is 1. The number of ether oxygens (including phenoxy) is 1. The van der Waals surface area contributed by atoms with E-state index < -0.39 is 0 Å². The fraction of sp³-hybridized carbons (Fsp3) is 0.857. The Morgan fingerprint density at radius 2 is 2.20 bits per heavy atom. The third-order valence-electron chi connectivity index (χ3n) is 2.25. The second-order valence-electron chi connectivity index (χ2n) is 2.94. The number of cyclic esters (lactones) is 1. The monoisotopic (exact) mass is 143 g/mol. The van der Waals surface area contributed by atoms with Crippen LogP contribution >= 0.6 is 0 Å². The maximum atomic E-state index is 10.9. The summed E-state index contributed by atoms with van der Waals surface area (Å²) >= 11 is 0. The molecule has 1 rings (SSSR count). The lowest BCUT2D eigenvalue weighted by atomic mass is 9.88. The second-order valence-corrected chi connectivity index (χ2v) is 2.94. The predicted molar refractivity (Wildman–Crippen MR) is 37.3 cm³/mol. The van der Waals surface area contributed by atoms with Gasteiger partial charge in [0.05, 0.1) is 5.92 Å². The first-order valence-corrected chi connectivity index (χ1v) is 3.55. The molecule has 0 unspecified atom stereocenters. The molecular formula is C7H13NO2. The highest BCUT2D eigenvalue weighted by Gasteiger charge is 2.31. The fourth-order valence-electron chi connectivity index (χ4n) is 1.05. The average molecular weight is 143 g/mol. The highest BCUT2D eigenvalue weighted by Crippen LogP contribution is 2.20. The van der Waals surface area contributed by atoms with Crippen LogP contribution in [0, 0.1) is 11.8 Å². The summed E-state index contributed by atoms with van der Waals surface area (Å²) in [6.45, 7) is 4.21. The molecular weight excluding hydrogens is 130 g/mol. The van der Waals surface area contributed by atoms with Crippen LogP contribution in [-0.2, 0) is 9.53 Å². The van der Waals surface area contributed by atoms with E-state index >= 15 is 0 Å². The van der Waals surface area contributed by atoms with E-state index in [1.165, 1.54) is 0 Å². The first-order valence-electron chi connectivity index (χ1n) is 3.55. The molecule has 1 aliphatic rings. The van der Waals surface area contributed by atoms with Gasteiger partial charge in [-0.1, -0.05) is 13.8 Å². The SMILES string of the molecule is C[C@@H]1[C@H](N)COC(=O)[C@H]1C. The summed E-state index contributed by atoms with van der Waals surface area (Å²) in [7, 11) is 0. The zero-order chi connectivity index (χ0) is 7.72. The number of hydrogen-bond acceptors (Lipinski definition) is 3. The highest BCUT2D eigenvalue weighted by molar-refractivity contribution is 5.73. The number of rotatable bonds is 0. The molecule has 0 aromatic carbocycles. The van der Waals surface area contributed by atoms with Crippen LogP contribution in [0.4, 0.5) is 0 Å². The van der Waals surface area contributed by atoms with E-state index in [1.54, 1.807) is 0 Å². The summed E-state index contributed by atoms with van der Waals surface area (Å²) in [6, 6.07) is 0.0210. The van der Waals surface area contributed by atoms with Crippen LogP contribution < -0.4 is 5.73 Å². The molecule has 0 amide bonds. The molecule has 3 atom stereocenters. The Kier molecular flexibility index (Phi) is 1.94. The van der Waals surface area contributed by atoms with Crippen molar-refractivity contribution < 1.29 is 9.53 Å². The molecule has 3 heteroatoms. The topological polar surface area (TPSA) is 52.3 Å². The van der Waals surface area contributed by atoms with Crippen molar-refractivity contribution in [1.82, 2.24) is 0 Å². The molecule has 0 aromatic heterocycles. The number of nitrogens with two attached hydrogens (primary N) is 1. The van der Waals surface area contributed by atoms with Gasteiger partial charge in [0.15, 0.2) is 0 Å². The van der Waals surface area contributed by atoms with Crippen LogP contribution in [0.3, 0.4) is 0 Å². The van der Waals surface area contributed by atoms with Gasteiger partial charge in [0.2, 0.25) is 0 Å². The van der Waals surface area contributed by atoms with Crippen molar-refractivity contribution in [1.29, 1.82) is 0 Å². The smallest absolute Gasteiger partial charge is 0.309 e. The first kappa shape index (κ1) is 7.54. The Bertz CT molecular complexity index is 147. The van der Waals surface area contributed by atoms with E-state index in [0.29, 0.717) is 6.61 Å². The molecule has 1 heterocycles. The van der Waals surface area contributed by atoms with E-state index in [9.17, 15) is 4.79 Å². The van der Waals surface area contributed by atoms with Crippen LogP contribution in [0.2, 0.25) is 0 Å². The number of esters is 1. The highest BCUT2D eigenvalue weighted by atomic mass is 16.5. The lowest BCUT2D eigenvalue weighted by Gasteiger charge is -2.29. The standard InChI is InChI=1S/C7H13NO2/c1-4-5(2)7(9)10-3-6(4)8/h4-6H,3,8H2,1-2H3/t4-,5-,6+/m0/s1. The number of hydrogen-bond donors (Lipinski definition) is 1. The van der Waals surface area contributed by atoms with E-state index in [-0.39, 0.29) is 23.8 Å². The molecule has 0 spiro atoms. The van der Waals surface area contributed by atoms with Crippen molar-refractivity contribution in [2.75, 3.05) is 6.61 Å². The Hall–Kier alpha value is -0.570. The molecule has 0 aliphatic carbocycles. The summed E-state index contributed by atoms with van der Waals surface area (Å²) in [4.78, 5) is 10.9. The van der Waals surface area contributed by atoms with Crippen LogP contribution in [0.25, 0.3) is 0 Å². The summed E-state index contributed by atoms with van der Waals surface area (Å²) in [5, 5.41) is 0. The Balaban J connectivity index is 2.60. The van der Waals surface area contributed by atoms with Gasteiger partial charge in [-0.2, -0.15) is 0 Å². The van der Waals surface area contributed by atoms with Gasteiger partial charge in [0.25, 0.3) is 0 Å². The van der Waals surface area contributed by atoms with Crippen LogP contribution in [0.1, 0.15) is 13.8 Å². The van der Waals surface area contributed by atoms with E-state index in [0.717, 1.165) is 0 Å². The van der Waals surface area contributed by atoms with E-state index in [1.807, 2.05) is 13.8 Å². The number of carbonyl (C=O) groups excluding carboxylic acids is 1. The lowest BCUT2D eigenvalue weighted by molar-refractivity contribution is -0.156. The molecule has 58 valence electrons. The molecule has 3 nitrogen and oxygen atoms in total. The van der Waals surface area contributed by atoms with Crippen LogP contribution in [0.15, 0.2) is 0 Å². The van der Waals surface area contributed by atoms with Gasteiger partial charge < -0.3 is 10.5 Å². The Morgan fingerprint density at radius 1 is 1.60 bits per heavy atom. The van der Waals surface area contributed by atoms with Crippen molar-refractivity contribution in [2.45, 2.75) is 19.9 Å². The quantitative estimate of drug-likeness (QED) is 0.491. The van der Waals surface area contributed by atoms with Gasteiger partial charge in [-0.05, 0) is 5.92 Å². The second kappa shape index (κ2) is 2.58. The molecule has 1 saturated heterocycles. The maximum Gasteiger partial charge on any atom is 0.309 e. The van der Waals surface area contributed by atoms with Gasteiger partial charge in [-0.25, -0.2) is 0 Å². The van der Waals surface area contributed by atoms with E-state index in [2.05, 4.69) is 0 Å². The van der Waals surface area contributed by atoms with Crippen molar-refractivity contribution in [3.63, 3.8) is 0 Å². The van der Waals surface area contributed by atoms with Gasteiger partial charge in [-0.3, -0.25) is 4.79 Å². The zero-order valence-electron chi connectivity index (χ0n) is 6.33. The maximum absolute atomic E-state index is 10.9. The van der Waals surface area contributed by atoms with Crippen LogP contribution in [-0.4, -0.2) is 18.6 Å². The minimum atomic E-state index is -0.116. The Morgan fingerprint density at radius 3 is 2.70 bits per heavy atom. The first-order chi connectivity index (χ1) is 4.63. The Labute approximate surface area is 60.5 Å². The van der Waals surface area contributed by atoms with Crippen molar-refractivity contribution in [3.8, 4) is 0 Å². The molecule has 0 radical (unpaired) electrons. The van der Waals surface area contributed by atoms with E-state index in [4.69, 9.17) is 10.5 Å². The zero-order valence-corrected chi connectivity index (χ0v) is 6.33. The molecule has 2 N–H and O–H groups in total. The molecule has 0 saturated carbocycles. The molecule has 0 bridgehead atoms. The summed E-state index contributed by atoms with van der Waals surface area (Å²) in [5.41, 5.74) is 5.65. The normalized spacial score (nSPS) is 41.1. The molecule has 1 aliphatic heterocycles. The third kappa shape index (κ3) is 1.14. The molecule has 0 aromatic rings. The minimum absolute atomic E-state index is 0.0210. The molecule has 10 heavy (non-hydrogen) atoms. The van der Waals surface area contributed by atoms with Gasteiger partial charge in [0.1, 0.15) is 6.61 Å².